The summed E-state index contributed by atoms with van der Waals surface area (Å²) in [6.07, 6.45) is 0. The number of nitrogens with zero attached hydrogens (tertiary/aromatic N) is 3. The molecule has 21 heavy (non-hydrogen) atoms. The second-order valence-corrected chi connectivity index (χ2v) is 5.89. The van der Waals surface area contributed by atoms with Gasteiger partial charge in [0, 0.05) is 17.5 Å². The van der Waals surface area contributed by atoms with Gasteiger partial charge in [0.1, 0.15) is 11.6 Å². The molecule has 0 aliphatic heterocycles. The van der Waals surface area contributed by atoms with Crippen molar-refractivity contribution in [2.24, 2.45) is 0 Å². The van der Waals surface area contributed by atoms with Crippen molar-refractivity contribution in [2.45, 2.75) is 27.3 Å². The Morgan fingerprint density at radius 2 is 2.05 bits per heavy atom. The number of hydrogen-bond acceptors (Lipinski definition) is 5. The summed E-state index contributed by atoms with van der Waals surface area (Å²) in [7, 11) is 0. The van der Waals surface area contributed by atoms with Gasteiger partial charge in [0.25, 0.3) is 0 Å². The first-order valence-electron chi connectivity index (χ1n) is 6.77. The summed E-state index contributed by atoms with van der Waals surface area (Å²) < 4.78 is 0. The quantitative estimate of drug-likeness (QED) is 0.774. The number of aromatic amines is 1. The number of H-pyrrole nitrogens is 1. The van der Waals surface area contributed by atoms with Gasteiger partial charge in [-0.15, -0.1) is 11.3 Å². The van der Waals surface area contributed by atoms with Crippen LogP contribution in [0.25, 0.3) is 10.7 Å². The van der Waals surface area contributed by atoms with Gasteiger partial charge >= 0.3 is 0 Å². The maximum atomic E-state index is 4.57. The highest BCUT2D eigenvalue weighted by molar-refractivity contribution is 7.13. The Morgan fingerprint density at radius 1 is 1.19 bits per heavy atom. The molecule has 0 bridgehead atoms. The monoisotopic (exact) mass is 299 g/mol. The number of imidazole rings is 1. The number of nitrogens with one attached hydrogen (secondary N) is 2. The fourth-order valence-corrected chi connectivity index (χ4v) is 2.71. The third-order valence-corrected chi connectivity index (χ3v) is 4.08. The Balaban J connectivity index is 1.79. The first kappa shape index (κ1) is 13.8. The molecule has 3 aromatic heterocycles. The maximum absolute atomic E-state index is 4.57. The largest absolute Gasteiger partial charge is 0.363 e. The highest BCUT2D eigenvalue weighted by Crippen LogP contribution is 2.22. The Bertz CT molecular complexity index is 726. The zero-order valence-corrected chi connectivity index (χ0v) is 13.1. The first-order chi connectivity index (χ1) is 10.1. The molecule has 0 fully saturated rings. The Hall–Kier alpha value is -2.21. The van der Waals surface area contributed by atoms with Crippen molar-refractivity contribution in [3.05, 3.63) is 46.5 Å². The summed E-state index contributed by atoms with van der Waals surface area (Å²) >= 11 is 1.64. The average molecular weight is 299 g/mol. The van der Waals surface area contributed by atoms with E-state index in [0.717, 1.165) is 39.4 Å². The van der Waals surface area contributed by atoms with Crippen molar-refractivity contribution in [3.8, 4) is 10.7 Å². The van der Waals surface area contributed by atoms with E-state index >= 15 is 0 Å². The number of anilines is 1. The Morgan fingerprint density at radius 3 is 2.71 bits per heavy atom. The van der Waals surface area contributed by atoms with Gasteiger partial charge in [-0.1, -0.05) is 6.07 Å². The second-order valence-electron chi connectivity index (χ2n) is 4.94. The molecule has 0 saturated heterocycles. The zero-order chi connectivity index (χ0) is 14.8. The highest BCUT2D eigenvalue weighted by atomic mass is 32.1. The number of aromatic nitrogens is 4. The summed E-state index contributed by atoms with van der Waals surface area (Å²) in [4.78, 5) is 17.8. The lowest BCUT2D eigenvalue weighted by Crippen LogP contribution is -2.05. The molecule has 0 radical (unpaired) electrons. The van der Waals surface area contributed by atoms with E-state index in [0.29, 0.717) is 6.54 Å². The van der Waals surface area contributed by atoms with Gasteiger partial charge in [-0.05, 0) is 32.2 Å². The van der Waals surface area contributed by atoms with Gasteiger partial charge in [0.05, 0.1) is 17.1 Å². The first-order valence-corrected chi connectivity index (χ1v) is 7.65. The summed E-state index contributed by atoms with van der Waals surface area (Å²) in [5.74, 6) is 2.50. The van der Waals surface area contributed by atoms with Crippen LogP contribution in [-0.4, -0.2) is 19.9 Å². The third-order valence-electron chi connectivity index (χ3n) is 3.21. The molecular weight excluding hydrogens is 282 g/mol. The number of rotatable bonds is 4. The molecule has 0 spiro atoms. The molecule has 0 unspecified atom stereocenters. The number of hydrogen-bond donors (Lipinski definition) is 2. The molecule has 0 saturated carbocycles. The molecule has 0 amide bonds. The van der Waals surface area contributed by atoms with E-state index in [1.807, 2.05) is 44.4 Å². The van der Waals surface area contributed by atoms with Crippen LogP contribution in [0.2, 0.25) is 0 Å². The minimum Gasteiger partial charge on any atom is -0.363 e. The van der Waals surface area contributed by atoms with Crippen LogP contribution in [0.3, 0.4) is 0 Å². The summed E-state index contributed by atoms with van der Waals surface area (Å²) in [5.41, 5.74) is 3.08. The lowest BCUT2D eigenvalue weighted by Gasteiger charge is -2.06. The van der Waals surface area contributed by atoms with E-state index in [1.54, 1.807) is 11.3 Å². The predicted octanol–water partition coefficient (Wildman–Crippen LogP) is 3.47. The fraction of sp³-hybridized carbons (Fsp3) is 0.267. The van der Waals surface area contributed by atoms with Crippen LogP contribution in [0.5, 0.6) is 0 Å². The molecule has 3 rings (SSSR count). The maximum Gasteiger partial charge on any atom is 0.171 e. The molecule has 108 valence electrons. The van der Waals surface area contributed by atoms with Gasteiger partial charge in [-0.25, -0.2) is 15.0 Å². The number of aryl methyl sites for hydroxylation is 3. The van der Waals surface area contributed by atoms with E-state index < -0.39 is 0 Å². The van der Waals surface area contributed by atoms with Gasteiger partial charge < -0.3 is 10.3 Å². The van der Waals surface area contributed by atoms with E-state index in [2.05, 4.69) is 25.3 Å². The molecule has 0 aromatic carbocycles. The lowest BCUT2D eigenvalue weighted by molar-refractivity contribution is 0.970. The van der Waals surface area contributed by atoms with Crippen LogP contribution in [0.15, 0.2) is 23.6 Å². The van der Waals surface area contributed by atoms with Crippen LogP contribution in [0.4, 0.5) is 5.82 Å². The molecule has 6 heteroatoms. The van der Waals surface area contributed by atoms with E-state index in [4.69, 9.17) is 0 Å². The smallest absolute Gasteiger partial charge is 0.171 e. The predicted molar refractivity (Wildman–Crippen MR) is 85.5 cm³/mol. The van der Waals surface area contributed by atoms with Gasteiger partial charge in [0.15, 0.2) is 5.82 Å². The van der Waals surface area contributed by atoms with Gasteiger partial charge in [-0.3, -0.25) is 0 Å². The average Bonchev–Trinajstić information content (AvgIpc) is 3.07. The van der Waals surface area contributed by atoms with Crippen LogP contribution >= 0.6 is 11.3 Å². The minimum atomic E-state index is 0.620. The van der Waals surface area contributed by atoms with Crippen LogP contribution in [-0.2, 0) is 6.54 Å². The minimum absolute atomic E-state index is 0.620. The van der Waals surface area contributed by atoms with Crippen molar-refractivity contribution in [1.29, 1.82) is 0 Å². The SMILES string of the molecule is Cc1cc(NCc2nc(C)c(C)[nH]2)nc(-c2cccs2)n1. The molecule has 2 N–H and O–H groups in total. The van der Waals surface area contributed by atoms with E-state index in [-0.39, 0.29) is 0 Å². The summed E-state index contributed by atoms with van der Waals surface area (Å²) in [6, 6.07) is 5.98. The lowest BCUT2D eigenvalue weighted by atomic mass is 10.3. The van der Waals surface area contributed by atoms with E-state index in [9.17, 15) is 0 Å². The van der Waals surface area contributed by atoms with Crippen LogP contribution in [0.1, 0.15) is 22.9 Å². The third kappa shape index (κ3) is 3.11. The number of thiophene rings is 1. The van der Waals surface area contributed by atoms with Crippen molar-refractivity contribution < 1.29 is 0 Å². The molecule has 0 aliphatic carbocycles. The summed E-state index contributed by atoms with van der Waals surface area (Å²) in [6.45, 7) is 6.62. The standard InChI is InChI=1S/C15H17N5S/c1-9-7-13(16-8-14-18-10(2)11(3)19-14)20-15(17-9)12-5-4-6-21-12/h4-7H,8H2,1-3H3,(H,18,19)(H,16,17,20). The van der Waals surface area contributed by atoms with E-state index in [1.165, 1.54) is 0 Å². The molecule has 0 atom stereocenters. The van der Waals surface area contributed by atoms with Crippen LogP contribution in [0, 0.1) is 20.8 Å². The fourth-order valence-electron chi connectivity index (χ4n) is 2.05. The molecule has 3 heterocycles. The zero-order valence-electron chi connectivity index (χ0n) is 12.3. The topological polar surface area (TPSA) is 66.5 Å². The Labute approximate surface area is 127 Å². The van der Waals surface area contributed by atoms with Crippen molar-refractivity contribution >= 4 is 17.2 Å². The van der Waals surface area contributed by atoms with Crippen molar-refractivity contribution in [3.63, 3.8) is 0 Å². The second kappa shape index (κ2) is 5.65. The molecule has 3 aromatic rings. The van der Waals surface area contributed by atoms with Gasteiger partial charge in [0.2, 0.25) is 0 Å². The Kier molecular flexibility index (Phi) is 3.70. The molecule has 0 aliphatic rings. The molecular formula is C15H17N5S. The summed E-state index contributed by atoms with van der Waals surface area (Å²) in [5, 5.41) is 5.33. The van der Waals surface area contributed by atoms with Crippen molar-refractivity contribution in [1.82, 2.24) is 19.9 Å². The highest BCUT2D eigenvalue weighted by Gasteiger charge is 2.07. The van der Waals surface area contributed by atoms with Gasteiger partial charge in [-0.2, -0.15) is 0 Å². The normalized spacial score (nSPS) is 10.8. The van der Waals surface area contributed by atoms with Crippen molar-refractivity contribution in [2.75, 3.05) is 5.32 Å². The molecule has 5 nitrogen and oxygen atoms in total. The van der Waals surface area contributed by atoms with Crippen LogP contribution < -0.4 is 5.32 Å².